The number of aliphatic imine (C=N–C) groups is 1. The number of amidine groups is 1. The third-order valence-corrected chi connectivity index (χ3v) is 5.15. The summed E-state index contributed by atoms with van der Waals surface area (Å²) in [6, 6.07) is 14.1. The molecular weight excluding hydrogens is 326 g/mol. The molecule has 1 amide bonds. The molecule has 1 aliphatic rings. The van der Waals surface area contributed by atoms with Gasteiger partial charge in [0.2, 0.25) is 0 Å². The van der Waals surface area contributed by atoms with E-state index in [4.69, 9.17) is 0 Å². The van der Waals surface area contributed by atoms with Gasteiger partial charge in [0.15, 0.2) is 0 Å². The van der Waals surface area contributed by atoms with Crippen LogP contribution in [0.15, 0.2) is 58.4 Å². The third kappa shape index (κ3) is 3.16. The molecule has 7 heteroatoms. The average Bonchev–Trinajstić information content (AvgIpc) is 2.86. The lowest BCUT2D eigenvalue weighted by atomic mass is 10.1. The Hall–Kier alpha value is -2.67. The number of sulfonamides is 1. The van der Waals surface area contributed by atoms with Crippen LogP contribution >= 0.6 is 0 Å². The SMILES string of the molecule is CNC(=O)c1cccc(CCN=C2NS(=O)(=O)c3ccccc32)c1. The van der Waals surface area contributed by atoms with E-state index in [1.807, 2.05) is 18.2 Å². The van der Waals surface area contributed by atoms with Gasteiger partial charge in [-0.2, -0.15) is 0 Å². The van der Waals surface area contributed by atoms with Crippen molar-refractivity contribution in [3.63, 3.8) is 0 Å². The summed E-state index contributed by atoms with van der Waals surface area (Å²) in [5, 5.41) is 2.59. The van der Waals surface area contributed by atoms with Crippen molar-refractivity contribution in [3.8, 4) is 0 Å². The van der Waals surface area contributed by atoms with E-state index < -0.39 is 10.0 Å². The van der Waals surface area contributed by atoms with Crippen LogP contribution < -0.4 is 10.0 Å². The first-order valence-electron chi connectivity index (χ1n) is 7.49. The Morgan fingerprint density at radius 1 is 1.17 bits per heavy atom. The van der Waals surface area contributed by atoms with E-state index in [2.05, 4.69) is 15.0 Å². The summed E-state index contributed by atoms with van der Waals surface area (Å²) >= 11 is 0. The maximum absolute atomic E-state index is 12.0. The lowest BCUT2D eigenvalue weighted by Crippen LogP contribution is -2.22. The van der Waals surface area contributed by atoms with Gasteiger partial charge in [0.05, 0.1) is 4.90 Å². The molecule has 0 aromatic heterocycles. The first kappa shape index (κ1) is 16.2. The zero-order valence-electron chi connectivity index (χ0n) is 13.1. The fourth-order valence-corrected chi connectivity index (χ4v) is 3.81. The van der Waals surface area contributed by atoms with Gasteiger partial charge in [0, 0.05) is 24.7 Å². The maximum Gasteiger partial charge on any atom is 0.263 e. The molecule has 0 saturated carbocycles. The van der Waals surface area contributed by atoms with Crippen LogP contribution in [0, 0.1) is 0 Å². The number of nitrogens with one attached hydrogen (secondary N) is 2. The number of amides is 1. The summed E-state index contributed by atoms with van der Waals surface area (Å²) in [5.74, 6) is 0.230. The molecule has 2 aromatic rings. The number of carbonyl (C=O) groups is 1. The number of fused-ring (bicyclic) bond motifs is 1. The molecule has 0 radical (unpaired) electrons. The van der Waals surface area contributed by atoms with Crippen molar-refractivity contribution < 1.29 is 13.2 Å². The summed E-state index contributed by atoms with van der Waals surface area (Å²) in [5.41, 5.74) is 2.15. The zero-order chi connectivity index (χ0) is 17.2. The predicted molar refractivity (Wildman–Crippen MR) is 91.7 cm³/mol. The number of nitrogens with zero attached hydrogens (tertiary/aromatic N) is 1. The maximum atomic E-state index is 12.0. The van der Waals surface area contributed by atoms with Gasteiger partial charge in [0.1, 0.15) is 5.84 Å². The number of hydrogen-bond donors (Lipinski definition) is 2. The molecule has 6 nitrogen and oxygen atoms in total. The molecule has 2 N–H and O–H groups in total. The van der Waals surface area contributed by atoms with Crippen LogP contribution in [0.3, 0.4) is 0 Å². The van der Waals surface area contributed by atoms with Gasteiger partial charge in [-0.25, -0.2) is 8.42 Å². The summed E-state index contributed by atoms with van der Waals surface area (Å²) in [6.07, 6.45) is 0.609. The van der Waals surface area contributed by atoms with E-state index in [1.54, 1.807) is 37.4 Å². The Balaban J connectivity index is 1.75. The van der Waals surface area contributed by atoms with Gasteiger partial charge >= 0.3 is 0 Å². The van der Waals surface area contributed by atoms with Crippen molar-refractivity contribution in [2.24, 2.45) is 4.99 Å². The molecule has 1 heterocycles. The standard InChI is InChI=1S/C17H17N3O3S/c1-18-17(21)13-6-4-5-12(11-13)9-10-19-16-14-7-2-3-8-15(14)24(22,23)20-16/h2-8,11H,9-10H2,1H3,(H,18,21)(H,19,20). The Labute approximate surface area is 140 Å². The Kier molecular flexibility index (Phi) is 4.35. The smallest absolute Gasteiger partial charge is 0.263 e. The predicted octanol–water partition coefficient (Wildman–Crippen LogP) is 1.33. The first-order valence-corrected chi connectivity index (χ1v) is 8.97. The van der Waals surface area contributed by atoms with Crippen molar-refractivity contribution in [2.75, 3.05) is 13.6 Å². The summed E-state index contributed by atoms with van der Waals surface area (Å²) in [6.45, 7) is 0.420. The number of carbonyl (C=O) groups excluding carboxylic acids is 1. The molecule has 0 atom stereocenters. The van der Waals surface area contributed by atoms with Crippen LogP contribution in [0.2, 0.25) is 0 Å². The molecule has 0 unspecified atom stereocenters. The molecule has 0 fully saturated rings. The van der Waals surface area contributed by atoms with E-state index in [9.17, 15) is 13.2 Å². The van der Waals surface area contributed by atoms with E-state index in [1.165, 1.54) is 0 Å². The second kappa shape index (κ2) is 6.45. The summed E-state index contributed by atoms with van der Waals surface area (Å²) < 4.78 is 26.5. The highest BCUT2D eigenvalue weighted by Crippen LogP contribution is 2.22. The van der Waals surface area contributed by atoms with Crippen molar-refractivity contribution in [2.45, 2.75) is 11.3 Å². The van der Waals surface area contributed by atoms with Crippen molar-refractivity contribution in [1.29, 1.82) is 0 Å². The Morgan fingerprint density at radius 2 is 1.96 bits per heavy atom. The normalized spacial score (nSPS) is 16.5. The van der Waals surface area contributed by atoms with E-state index >= 15 is 0 Å². The van der Waals surface area contributed by atoms with Crippen LogP contribution in [0.1, 0.15) is 21.5 Å². The van der Waals surface area contributed by atoms with Crippen molar-refractivity contribution >= 4 is 21.8 Å². The minimum Gasteiger partial charge on any atom is -0.355 e. The van der Waals surface area contributed by atoms with Crippen LogP contribution in [0.4, 0.5) is 0 Å². The zero-order valence-corrected chi connectivity index (χ0v) is 13.9. The van der Waals surface area contributed by atoms with E-state index in [0.29, 0.717) is 29.9 Å². The second-order valence-electron chi connectivity index (χ2n) is 5.36. The molecule has 2 aromatic carbocycles. The van der Waals surface area contributed by atoms with Gasteiger partial charge in [-0.1, -0.05) is 24.3 Å². The van der Waals surface area contributed by atoms with Gasteiger partial charge in [0.25, 0.3) is 15.9 Å². The number of rotatable bonds is 4. The summed E-state index contributed by atoms with van der Waals surface area (Å²) in [4.78, 5) is 16.3. The summed E-state index contributed by atoms with van der Waals surface area (Å²) in [7, 11) is -1.92. The van der Waals surface area contributed by atoms with Crippen LogP contribution in [0.25, 0.3) is 0 Å². The van der Waals surface area contributed by atoms with Gasteiger partial charge in [-0.05, 0) is 36.2 Å². The largest absolute Gasteiger partial charge is 0.355 e. The third-order valence-electron chi connectivity index (χ3n) is 3.75. The highest BCUT2D eigenvalue weighted by Gasteiger charge is 2.29. The lowest BCUT2D eigenvalue weighted by Gasteiger charge is -2.04. The van der Waals surface area contributed by atoms with Gasteiger partial charge in [-0.15, -0.1) is 0 Å². The fraction of sp³-hybridized carbons (Fsp3) is 0.176. The van der Waals surface area contributed by atoms with Crippen molar-refractivity contribution in [3.05, 3.63) is 65.2 Å². The van der Waals surface area contributed by atoms with Crippen LogP contribution in [-0.4, -0.2) is 33.8 Å². The van der Waals surface area contributed by atoms with Crippen molar-refractivity contribution in [1.82, 2.24) is 10.0 Å². The molecule has 0 aliphatic carbocycles. The van der Waals surface area contributed by atoms with Gasteiger partial charge < -0.3 is 5.32 Å². The van der Waals surface area contributed by atoms with Gasteiger partial charge in [-0.3, -0.25) is 14.5 Å². The highest BCUT2D eigenvalue weighted by atomic mass is 32.2. The quantitative estimate of drug-likeness (QED) is 0.878. The topological polar surface area (TPSA) is 87.6 Å². The van der Waals surface area contributed by atoms with E-state index in [-0.39, 0.29) is 10.8 Å². The molecule has 0 saturated heterocycles. The molecule has 1 aliphatic heterocycles. The van der Waals surface area contributed by atoms with Crippen LogP contribution in [-0.2, 0) is 16.4 Å². The minimum absolute atomic E-state index is 0.138. The Morgan fingerprint density at radius 3 is 2.75 bits per heavy atom. The average molecular weight is 343 g/mol. The van der Waals surface area contributed by atoms with Crippen LogP contribution in [0.5, 0.6) is 0 Å². The first-order chi connectivity index (χ1) is 11.5. The fourth-order valence-electron chi connectivity index (χ4n) is 2.56. The molecule has 0 spiro atoms. The molecule has 3 rings (SSSR count). The van der Waals surface area contributed by atoms with E-state index in [0.717, 1.165) is 5.56 Å². The number of benzene rings is 2. The second-order valence-corrected chi connectivity index (χ2v) is 7.01. The molecule has 124 valence electrons. The minimum atomic E-state index is -3.50. The Bertz CT molecular complexity index is 920. The lowest BCUT2D eigenvalue weighted by molar-refractivity contribution is 0.0963. The molecule has 0 bridgehead atoms. The molecular formula is C17H17N3O3S. The number of hydrogen-bond acceptors (Lipinski definition) is 4. The highest BCUT2D eigenvalue weighted by molar-refractivity contribution is 7.90. The molecule has 24 heavy (non-hydrogen) atoms. The monoisotopic (exact) mass is 343 g/mol.